The molecule has 0 atom stereocenters. The molecule has 3 rings (SSSR count). The third-order valence-corrected chi connectivity index (χ3v) is 7.62. The number of rotatable bonds is 7. The van der Waals surface area contributed by atoms with E-state index >= 15 is 0 Å². The van der Waals surface area contributed by atoms with Crippen LogP contribution in [0.3, 0.4) is 0 Å². The van der Waals surface area contributed by atoms with E-state index in [1.807, 2.05) is 26.0 Å². The summed E-state index contributed by atoms with van der Waals surface area (Å²) in [6.45, 7) is 3.34. The average Bonchev–Trinajstić information content (AvgIpc) is 3.26. The molecule has 1 amide bonds. The van der Waals surface area contributed by atoms with Crippen LogP contribution < -0.4 is 9.62 Å². The second-order valence-corrected chi connectivity index (χ2v) is 9.50. The van der Waals surface area contributed by atoms with E-state index in [1.54, 1.807) is 36.4 Å². The third kappa shape index (κ3) is 4.78. The van der Waals surface area contributed by atoms with Crippen molar-refractivity contribution in [3.05, 3.63) is 76.0 Å². The Labute approximate surface area is 185 Å². The molecular formula is C22H22N2O5S2. The fraction of sp³-hybridized carbons (Fsp3) is 0.182. The second kappa shape index (κ2) is 9.32. The monoisotopic (exact) mass is 458 g/mol. The van der Waals surface area contributed by atoms with Crippen molar-refractivity contribution in [3.8, 4) is 0 Å². The lowest BCUT2D eigenvalue weighted by Gasteiger charge is -2.24. The Morgan fingerprint density at radius 3 is 2.42 bits per heavy atom. The summed E-state index contributed by atoms with van der Waals surface area (Å²) in [5.74, 6) is -1.25. The zero-order valence-electron chi connectivity index (χ0n) is 17.3. The highest BCUT2D eigenvalue weighted by Gasteiger charge is 2.32. The summed E-state index contributed by atoms with van der Waals surface area (Å²) in [6.07, 6.45) is 0. The molecule has 9 heteroatoms. The summed E-state index contributed by atoms with van der Waals surface area (Å²) < 4.78 is 32.7. The van der Waals surface area contributed by atoms with Gasteiger partial charge in [-0.15, -0.1) is 11.3 Å². The highest BCUT2D eigenvalue weighted by atomic mass is 32.2. The first-order chi connectivity index (χ1) is 14.8. The number of thiophene rings is 1. The molecule has 0 unspecified atom stereocenters. The molecule has 0 spiro atoms. The van der Waals surface area contributed by atoms with Gasteiger partial charge in [0, 0.05) is 5.69 Å². The van der Waals surface area contributed by atoms with E-state index in [0.717, 1.165) is 26.8 Å². The smallest absolute Gasteiger partial charge is 0.349 e. The van der Waals surface area contributed by atoms with Crippen LogP contribution >= 0.6 is 11.3 Å². The Morgan fingerprint density at radius 1 is 1.03 bits per heavy atom. The SMILES string of the molecule is COC(=O)c1sccc1S(=O)(=O)N(CC(=O)Nc1cccc(C)c1C)c1ccccc1. The zero-order chi connectivity index (χ0) is 22.6. The molecule has 3 aromatic rings. The lowest BCUT2D eigenvalue weighted by molar-refractivity contribution is -0.114. The number of sulfonamides is 1. The van der Waals surface area contributed by atoms with Crippen LogP contribution in [0.2, 0.25) is 0 Å². The van der Waals surface area contributed by atoms with Crippen LogP contribution in [0.15, 0.2) is 64.9 Å². The molecule has 0 aliphatic heterocycles. The van der Waals surface area contributed by atoms with Crippen molar-refractivity contribution >= 4 is 44.6 Å². The number of ether oxygens (including phenoxy) is 1. The number of hydrogen-bond donors (Lipinski definition) is 1. The molecule has 1 N–H and O–H groups in total. The minimum Gasteiger partial charge on any atom is -0.465 e. The van der Waals surface area contributed by atoms with Gasteiger partial charge in [0.05, 0.1) is 12.8 Å². The second-order valence-electron chi connectivity index (χ2n) is 6.75. The van der Waals surface area contributed by atoms with E-state index in [1.165, 1.54) is 18.6 Å². The number of nitrogens with one attached hydrogen (secondary N) is 1. The summed E-state index contributed by atoms with van der Waals surface area (Å²) in [7, 11) is -3.03. The van der Waals surface area contributed by atoms with Gasteiger partial charge in [-0.3, -0.25) is 9.10 Å². The van der Waals surface area contributed by atoms with Gasteiger partial charge in [-0.05, 0) is 54.6 Å². The van der Waals surface area contributed by atoms with Crippen molar-refractivity contribution in [1.82, 2.24) is 0 Å². The number of aryl methyl sites for hydroxylation is 1. The molecule has 1 heterocycles. The van der Waals surface area contributed by atoms with Crippen molar-refractivity contribution in [1.29, 1.82) is 0 Å². The predicted octanol–water partition coefficient (Wildman–Crippen LogP) is 3.99. The summed E-state index contributed by atoms with van der Waals surface area (Å²) in [5, 5.41) is 4.28. The number of esters is 1. The topological polar surface area (TPSA) is 92.8 Å². The van der Waals surface area contributed by atoms with Gasteiger partial charge < -0.3 is 10.1 Å². The lowest BCUT2D eigenvalue weighted by atomic mass is 10.1. The molecule has 1 aromatic heterocycles. The van der Waals surface area contributed by atoms with E-state index in [-0.39, 0.29) is 9.77 Å². The van der Waals surface area contributed by atoms with Crippen LogP contribution in [-0.4, -0.2) is 33.9 Å². The molecule has 7 nitrogen and oxygen atoms in total. The summed E-state index contributed by atoms with van der Waals surface area (Å²) in [4.78, 5) is 24.7. The summed E-state index contributed by atoms with van der Waals surface area (Å²) >= 11 is 0.966. The molecule has 0 saturated carbocycles. The largest absolute Gasteiger partial charge is 0.465 e. The third-order valence-electron chi connectivity index (χ3n) is 4.78. The molecule has 0 bridgehead atoms. The van der Waals surface area contributed by atoms with E-state index in [2.05, 4.69) is 5.32 Å². The van der Waals surface area contributed by atoms with Crippen LogP contribution in [0, 0.1) is 13.8 Å². The van der Waals surface area contributed by atoms with Crippen LogP contribution in [0.1, 0.15) is 20.8 Å². The van der Waals surface area contributed by atoms with Gasteiger partial charge >= 0.3 is 5.97 Å². The van der Waals surface area contributed by atoms with Gasteiger partial charge in [0.15, 0.2) is 0 Å². The Hall–Kier alpha value is -3.17. The van der Waals surface area contributed by atoms with Gasteiger partial charge in [-0.25, -0.2) is 13.2 Å². The number of hydrogen-bond acceptors (Lipinski definition) is 6. The Bertz CT molecular complexity index is 1200. The minimum atomic E-state index is -4.22. The van der Waals surface area contributed by atoms with Crippen molar-refractivity contribution in [2.24, 2.45) is 0 Å². The number of para-hydroxylation sites is 1. The quantitative estimate of drug-likeness (QED) is 0.541. The molecule has 2 aromatic carbocycles. The fourth-order valence-electron chi connectivity index (χ4n) is 2.98. The molecule has 162 valence electrons. The van der Waals surface area contributed by atoms with E-state index in [0.29, 0.717) is 11.4 Å². The maximum Gasteiger partial charge on any atom is 0.349 e. The van der Waals surface area contributed by atoms with E-state index in [4.69, 9.17) is 4.74 Å². The highest BCUT2D eigenvalue weighted by molar-refractivity contribution is 7.93. The fourth-order valence-corrected chi connectivity index (χ4v) is 5.71. The van der Waals surface area contributed by atoms with Crippen LogP contribution in [0.25, 0.3) is 0 Å². The minimum absolute atomic E-state index is 0.0432. The maximum absolute atomic E-state index is 13.5. The summed E-state index contributed by atoms with van der Waals surface area (Å²) in [5.41, 5.74) is 2.82. The predicted molar refractivity (Wildman–Crippen MR) is 121 cm³/mol. The molecule has 0 aliphatic rings. The number of nitrogens with zero attached hydrogens (tertiary/aromatic N) is 1. The summed E-state index contributed by atoms with van der Waals surface area (Å²) in [6, 6.07) is 15.1. The normalized spacial score (nSPS) is 11.1. The number of amides is 1. The molecule has 31 heavy (non-hydrogen) atoms. The first kappa shape index (κ1) is 22.5. The van der Waals surface area contributed by atoms with Crippen molar-refractivity contribution < 1.29 is 22.7 Å². The zero-order valence-corrected chi connectivity index (χ0v) is 18.9. The van der Waals surface area contributed by atoms with Gasteiger partial charge in [0.2, 0.25) is 5.91 Å². The first-order valence-corrected chi connectivity index (χ1v) is 11.7. The van der Waals surface area contributed by atoms with Crippen molar-refractivity contribution in [3.63, 3.8) is 0 Å². The van der Waals surface area contributed by atoms with E-state index in [9.17, 15) is 18.0 Å². The molecular weight excluding hydrogens is 436 g/mol. The van der Waals surface area contributed by atoms with Crippen LogP contribution in [0.5, 0.6) is 0 Å². The molecule has 0 saturated heterocycles. The van der Waals surface area contributed by atoms with Gasteiger partial charge in [-0.2, -0.15) is 0 Å². The number of methoxy groups -OCH3 is 1. The number of anilines is 2. The van der Waals surface area contributed by atoms with Crippen molar-refractivity contribution in [2.45, 2.75) is 18.7 Å². The number of benzene rings is 2. The van der Waals surface area contributed by atoms with E-state index < -0.39 is 28.4 Å². The highest BCUT2D eigenvalue weighted by Crippen LogP contribution is 2.29. The maximum atomic E-state index is 13.5. The van der Waals surface area contributed by atoms with Crippen LogP contribution in [-0.2, 0) is 19.6 Å². The lowest BCUT2D eigenvalue weighted by Crippen LogP contribution is -2.38. The molecule has 0 aliphatic carbocycles. The Balaban J connectivity index is 1.98. The molecule has 0 fully saturated rings. The van der Waals surface area contributed by atoms with Gasteiger partial charge in [0.1, 0.15) is 16.3 Å². The van der Waals surface area contributed by atoms with Gasteiger partial charge in [0.25, 0.3) is 10.0 Å². The Kier molecular flexibility index (Phi) is 6.77. The molecule has 0 radical (unpaired) electrons. The first-order valence-electron chi connectivity index (χ1n) is 9.35. The standard InChI is InChI=1S/C22H22N2O5S2/c1-15-8-7-11-18(16(15)2)23-20(25)14-24(17-9-5-4-6-10-17)31(27,28)19-12-13-30-21(19)22(26)29-3/h4-13H,14H2,1-3H3,(H,23,25). The van der Waals surface area contributed by atoms with Crippen LogP contribution in [0.4, 0.5) is 11.4 Å². The number of carbonyl (C=O) groups is 2. The number of carbonyl (C=O) groups excluding carboxylic acids is 2. The van der Waals surface area contributed by atoms with Gasteiger partial charge in [-0.1, -0.05) is 30.3 Å². The van der Waals surface area contributed by atoms with Crippen molar-refractivity contribution in [2.75, 3.05) is 23.3 Å². The Morgan fingerprint density at radius 2 is 1.74 bits per heavy atom. The average molecular weight is 459 g/mol.